The van der Waals surface area contributed by atoms with Crippen LogP contribution in [0.3, 0.4) is 0 Å². The summed E-state index contributed by atoms with van der Waals surface area (Å²) in [5.41, 5.74) is -2.49. The molecule has 0 rings (SSSR count). The number of aliphatic hydroxyl groups is 2. The lowest BCUT2D eigenvalue weighted by Gasteiger charge is -2.21. The van der Waals surface area contributed by atoms with E-state index in [9.17, 15) is 19.5 Å². The van der Waals surface area contributed by atoms with E-state index in [0.29, 0.717) is 0 Å². The number of esters is 1. The zero-order valence-electron chi connectivity index (χ0n) is 10.5. The van der Waals surface area contributed by atoms with Crippen molar-refractivity contribution in [1.29, 1.82) is 0 Å². The van der Waals surface area contributed by atoms with E-state index in [0.717, 1.165) is 0 Å². The van der Waals surface area contributed by atoms with Crippen LogP contribution in [0.25, 0.3) is 0 Å². The standard InChI is InChI=1S/C11H17ClO7/c1-2-7(13)3-11(18,10(16)17)4-9(15)19-6-8(14)5-12/h8,14,18H,2-6H2,1H3,(H,16,17). The van der Waals surface area contributed by atoms with Crippen LogP contribution in [-0.4, -0.2) is 57.2 Å². The highest BCUT2D eigenvalue weighted by atomic mass is 35.5. The van der Waals surface area contributed by atoms with Crippen molar-refractivity contribution in [2.75, 3.05) is 12.5 Å². The van der Waals surface area contributed by atoms with E-state index in [1.807, 2.05) is 0 Å². The number of ketones is 1. The molecule has 0 saturated carbocycles. The normalized spacial score (nSPS) is 15.4. The molecule has 0 amide bonds. The topological polar surface area (TPSA) is 121 Å². The summed E-state index contributed by atoms with van der Waals surface area (Å²) in [6.07, 6.45) is -2.56. The minimum absolute atomic E-state index is 0.0512. The number of carboxylic acids is 1. The number of Topliss-reactive ketones (excluding diaryl/α,β-unsaturated/α-hetero) is 1. The first-order valence-electron chi connectivity index (χ1n) is 5.62. The molecule has 0 spiro atoms. The summed E-state index contributed by atoms with van der Waals surface area (Å²) in [5, 5.41) is 27.7. The van der Waals surface area contributed by atoms with Crippen LogP contribution < -0.4 is 0 Å². The summed E-state index contributed by atoms with van der Waals surface area (Å²) in [4.78, 5) is 33.5. The summed E-state index contributed by atoms with van der Waals surface area (Å²) in [6.45, 7) is 1.11. The molecule has 0 saturated heterocycles. The van der Waals surface area contributed by atoms with Gasteiger partial charge in [-0.1, -0.05) is 6.92 Å². The molecule has 0 aliphatic carbocycles. The molecule has 0 aromatic rings. The highest BCUT2D eigenvalue weighted by molar-refractivity contribution is 6.18. The van der Waals surface area contributed by atoms with Gasteiger partial charge in [0, 0.05) is 12.8 Å². The molecule has 19 heavy (non-hydrogen) atoms. The monoisotopic (exact) mass is 296 g/mol. The van der Waals surface area contributed by atoms with Crippen molar-refractivity contribution in [3.05, 3.63) is 0 Å². The molecule has 0 aromatic heterocycles. The Kier molecular flexibility index (Phi) is 7.58. The number of hydrogen-bond donors (Lipinski definition) is 3. The number of aliphatic carboxylic acids is 1. The van der Waals surface area contributed by atoms with E-state index in [4.69, 9.17) is 21.8 Å². The van der Waals surface area contributed by atoms with E-state index in [1.165, 1.54) is 6.92 Å². The van der Waals surface area contributed by atoms with Gasteiger partial charge in [0.15, 0.2) is 5.60 Å². The van der Waals surface area contributed by atoms with Gasteiger partial charge in [0.05, 0.1) is 12.3 Å². The average molecular weight is 297 g/mol. The Balaban J connectivity index is 4.53. The van der Waals surface area contributed by atoms with Gasteiger partial charge < -0.3 is 20.1 Å². The molecule has 0 bridgehead atoms. The molecule has 2 unspecified atom stereocenters. The quantitative estimate of drug-likeness (QED) is 0.394. The van der Waals surface area contributed by atoms with Crippen LogP contribution in [0, 0.1) is 0 Å². The number of carbonyl (C=O) groups excluding carboxylic acids is 2. The number of carbonyl (C=O) groups is 3. The Morgan fingerprint density at radius 2 is 1.89 bits per heavy atom. The van der Waals surface area contributed by atoms with E-state index >= 15 is 0 Å². The smallest absolute Gasteiger partial charge is 0.336 e. The lowest BCUT2D eigenvalue weighted by atomic mass is 9.92. The van der Waals surface area contributed by atoms with E-state index in [1.54, 1.807) is 0 Å². The lowest BCUT2D eigenvalue weighted by Crippen LogP contribution is -2.43. The van der Waals surface area contributed by atoms with Crippen LogP contribution in [0.2, 0.25) is 0 Å². The fourth-order valence-electron chi connectivity index (χ4n) is 1.19. The Hall–Kier alpha value is -1.18. The van der Waals surface area contributed by atoms with Crippen molar-refractivity contribution >= 4 is 29.3 Å². The SMILES string of the molecule is CCC(=O)CC(O)(CC(=O)OCC(O)CCl)C(=O)O. The maximum Gasteiger partial charge on any atom is 0.336 e. The zero-order chi connectivity index (χ0) is 15.1. The third kappa shape index (κ3) is 6.51. The molecule has 0 aliphatic heterocycles. The molecule has 0 aliphatic rings. The van der Waals surface area contributed by atoms with Crippen LogP contribution in [0.1, 0.15) is 26.2 Å². The molecule has 0 radical (unpaired) electrons. The van der Waals surface area contributed by atoms with Gasteiger partial charge in [0.1, 0.15) is 18.5 Å². The summed E-state index contributed by atoms with van der Waals surface area (Å²) in [5.74, 6) is -3.34. The van der Waals surface area contributed by atoms with Gasteiger partial charge in [-0.3, -0.25) is 9.59 Å². The molecule has 8 heteroatoms. The van der Waals surface area contributed by atoms with Crippen molar-refractivity contribution in [3.8, 4) is 0 Å². The zero-order valence-corrected chi connectivity index (χ0v) is 11.2. The van der Waals surface area contributed by atoms with E-state index in [2.05, 4.69) is 4.74 Å². The van der Waals surface area contributed by atoms with Gasteiger partial charge in [-0.2, -0.15) is 0 Å². The minimum atomic E-state index is -2.49. The highest BCUT2D eigenvalue weighted by Crippen LogP contribution is 2.18. The maximum absolute atomic E-state index is 11.3. The predicted molar refractivity (Wildman–Crippen MR) is 64.8 cm³/mol. The summed E-state index contributed by atoms with van der Waals surface area (Å²) in [6, 6.07) is 0. The number of carboxylic acid groups (broad SMARTS) is 1. The second-order valence-corrected chi connectivity index (χ2v) is 4.38. The molecule has 7 nitrogen and oxygen atoms in total. The highest BCUT2D eigenvalue weighted by Gasteiger charge is 2.40. The lowest BCUT2D eigenvalue weighted by molar-refractivity contribution is -0.170. The first kappa shape index (κ1) is 17.8. The average Bonchev–Trinajstić information content (AvgIpc) is 2.35. The van der Waals surface area contributed by atoms with Gasteiger partial charge in [0.25, 0.3) is 0 Å². The number of alkyl halides is 1. The fourth-order valence-corrected chi connectivity index (χ4v) is 1.28. The molecule has 2 atom stereocenters. The summed E-state index contributed by atoms with van der Waals surface area (Å²) >= 11 is 5.28. The molecule has 110 valence electrons. The number of rotatable bonds is 9. The number of aliphatic hydroxyl groups excluding tert-OH is 1. The second kappa shape index (κ2) is 8.08. The van der Waals surface area contributed by atoms with Crippen LogP contribution in [-0.2, 0) is 19.1 Å². The van der Waals surface area contributed by atoms with Crippen LogP contribution in [0.5, 0.6) is 0 Å². The molecule has 0 heterocycles. The molecular formula is C11H17ClO7. The number of ether oxygens (including phenoxy) is 1. The molecular weight excluding hydrogens is 280 g/mol. The minimum Gasteiger partial charge on any atom is -0.479 e. The first-order chi connectivity index (χ1) is 8.75. The largest absolute Gasteiger partial charge is 0.479 e. The van der Waals surface area contributed by atoms with Gasteiger partial charge >= 0.3 is 11.9 Å². The van der Waals surface area contributed by atoms with Crippen molar-refractivity contribution in [3.63, 3.8) is 0 Å². The fraction of sp³-hybridized carbons (Fsp3) is 0.727. The van der Waals surface area contributed by atoms with Gasteiger partial charge in [0.2, 0.25) is 0 Å². The molecule has 3 N–H and O–H groups in total. The summed E-state index contributed by atoms with van der Waals surface area (Å²) < 4.78 is 4.55. The second-order valence-electron chi connectivity index (χ2n) is 4.07. The first-order valence-corrected chi connectivity index (χ1v) is 6.15. The van der Waals surface area contributed by atoms with Crippen molar-refractivity contribution in [2.45, 2.75) is 37.9 Å². The summed E-state index contributed by atoms with van der Waals surface area (Å²) in [7, 11) is 0. The van der Waals surface area contributed by atoms with Crippen molar-refractivity contribution < 1.29 is 34.4 Å². The predicted octanol–water partition coefficient (Wildman–Crippen LogP) is -0.296. The number of hydrogen-bond acceptors (Lipinski definition) is 6. The molecule has 0 aromatic carbocycles. The van der Waals surface area contributed by atoms with E-state index < -0.39 is 48.9 Å². The van der Waals surface area contributed by atoms with Crippen molar-refractivity contribution in [1.82, 2.24) is 0 Å². The van der Waals surface area contributed by atoms with Gasteiger partial charge in [-0.15, -0.1) is 11.6 Å². The Morgan fingerprint density at radius 1 is 1.32 bits per heavy atom. The maximum atomic E-state index is 11.3. The Bertz CT molecular complexity index is 344. The third-order valence-corrected chi connectivity index (χ3v) is 2.69. The Morgan fingerprint density at radius 3 is 2.32 bits per heavy atom. The van der Waals surface area contributed by atoms with Gasteiger partial charge in [-0.25, -0.2) is 4.79 Å². The van der Waals surface area contributed by atoms with Crippen LogP contribution in [0.4, 0.5) is 0 Å². The van der Waals surface area contributed by atoms with Crippen LogP contribution >= 0.6 is 11.6 Å². The van der Waals surface area contributed by atoms with Crippen molar-refractivity contribution in [2.24, 2.45) is 0 Å². The van der Waals surface area contributed by atoms with Crippen LogP contribution in [0.15, 0.2) is 0 Å². The third-order valence-electron chi connectivity index (χ3n) is 2.33. The Labute approximate surface area is 115 Å². The van der Waals surface area contributed by atoms with E-state index in [-0.39, 0.29) is 12.3 Å². The molecule has 0 fully saturated rings. The number of halogens is 1. The van der Waals surface area contributed by atoms with Gasteiger partial charge in [-0.05, 0) is 0 Å².